The Morgan fingerprint density at radius 3 is 2.47 bits per heavy atom. The molecule has 0 aliphatic carbocycles. The third-order valence-electron chi connectivity index (χ3n) is 5.95. The molecule has 0 N–H and O–H groups in total. The van der Waals surface area contributed by atoms with Gasteiger partial charge in [0.05, 0.1) is 9.95 Å². The first-order valence-electron chi connectivity index (χ1n) is 11.6. The van der Waals surface area contributed by atoms with E-state index in [2.05, 4.69) is 10.2 Å². The lowest BCUT2D eigenvalue weighted by Crippen LogP contribution is -2.11. The van der Waals surface area contributed by atoms with E-state index in [1.54, 1.807) is 30.3 Å². The van der Waals surface area contributed by atoms with Gasteiger partial charge in [0.1, 0.15) is 23.4 Å². The lowest BCUT2D eigenvalue weighted by Gasteiger charge is -2.16. The number of benzene rings is 3. The van der Waals surface area contributed by atoms with Gasteiger partial charge in [-0.2, -0.15) is 0 Å². The van der Waals surface area contributed by atoms with Gasteiger partial charge in [-0.3, -0.25) is 24.8 Å². The highest BCUT2D eigenvalue weighted by atomic mass is 35.5. The second kappa shape index (κ2) is 11.6. The second-order valence-electron chi connectivity index (χ2n) is 8.66. The molecule has 0 spiro atoms. The van der Waals surface area contributed by atoms with Crippen LogP contribution in [0.1, 0.15) is 33.3 Å². The first-order chi connectivity index (χ1) is 18.1. The van der Waals surface area contributed by atoms with Crippen molar-refractivity contribution in [3.05, 3.63) is 114 Å². The van der Waals surface area contributed by atoms with Gasteiger partial charge in [-0.25, -0.2) is 0 Å². The number of non-ortho nitro benzene ring substituents is 1. The van der Waals surface area contributed by atoms with E-state index in [9.17, 15) is 20.2 Å². The maximum Gasteiger partial charge on any atom is 0.269 e. The normalized spacial score (nSPS) is 11.8. The summed E-state index contributed by atoms with van der Waals surface area (Å²) in [6, 6.07) is 17.1. The lowest BCUT2D eigenvalue weighted by atomic mass is 10.1. The van der Waals surface area contributed by atoms with Gasteiger partial charge in [0.15, 0.2) is 5.16 Å². The van der Waals surface area contributed by atoms with Crippen molar-refractivity contribution in [2.45, 2.75) is 37.8 Å². The van der Waals surface area contributed by atoms with Gasteiger partial charge in [-0.1, -0.05) is 47.6 Å². The summed E-state index contributed by atoms with van der Waals surface area (Å²) in [5.74, 6) is 1.03. The summed E-state index contributed by atoms with van der Waals surface area (Å²) in [4.78, 5) is 21.7. The van der Waals surface area contributed by atoms with Crippen molar-refractivity contribution < 1.29 is 14.6 Å². The van der Waals surface area contributed by atoms with Crippen molar-refractivity contribution in [1.29, 1.82) is 0 Å². The molecule has 4 aromatic rings. The summed E-state index contributed by atoms with van der Waals surface area (Å²) in [6.45, 7) is 5.60. The van der Waals surface area contributed by atoms with Crippen molar-refractivity contribution in [3.63, 3.8) is 0 Å². The summed E-state index contributed by atoms with van der Waals surface area (Å²) >= 11 is 7.71. The molecule has 0 bridgehead atoms. The van der Waals surface area contributed by atoms with Gasteiger partial charge in [0.25, 0.3) is 5.69 Å². The molecule has 196 valence electrons. The molecule has 0 aliphatic rings. The van der Waals surface area contributed by atoms with Crippen LogP contribution in [-0.4, -0.2) is 31.2 Å². The van der Waals surface area contributed by atoms with Crippen molar-refractivity contribution in [1.82, 2.24) is 14.8 Å². The van der Waals surface area contributed by atoms with Gasteiger partial charge in [0, 0.05) is 22.7 Å². The summed E-state index contributed by atoms with van der Waals surface area (Å²) in [5, 5.41) is 31.2. The Kier molecular flexibility index (Phi) is 8.28. The van der Waals surface area contributed by atoms with Crippen LogP contribution in [0.5, 0.6) is 5.75 Å². The second-order valence-corrected chi connectivity index (χ2v) is 10.2. The minimum Gasteiger partial charge on any atom is -0.487 e. The Morgan fingerprint density at radius 2 is 1.79 bits per heavy atom. The van der Waals surface area contributed by atoms with Crippen molar-refractivity contribution in [3.8, 4) is 11.4 Å². The number of ether oxygens (including phenoxy) is 1. The fourth-order valence-electron chi connectivity index (χ4n) is 3.81. The number of hydrogen-bond acceptors (Lipinski definition) is 8. The van der Waals surface area contributed by atoms with E-state index in [-0.39, 0.29) is 28.8 Å². The molecular weight excluding hydrogens is 530 g/mol. The number of aromatic nitrogens is 3. The molecule has 4 rings (SSSR count). The maximum absolute atomic E-state index is 11.5. The zero-order valence-corrected chi connectivity index (χ0v) is 22.4. The number of nitro benzene ring substituents is 1. The van der Waals surface area contributed by atoms with Crippen molar-refractivity contribution in [2.75, 3.05) is 6.54 Å². The van der Waals surface area contributed by atoms with E-state index in [0.29, 0.717) is 27.9 Å². The SMILES string of the molecule is Cc1ccc(-n2c(C)nnc2S[C@H](C[N+](=O)[O-])c2ccc(OCc3cccc([N+](=O)[O-])c3)c(Cl)c2)cc1C. The zero-order valence-electron chi connectivity index (χ0n) is 20.8. The Morgan fingerprint density at radius 1 is 1.00 bits per heavy atom. The highest BCUT2D eigenvalue weighted by Gasteiger charge is 2.25. The largest absolute Gasteiger partial charge is 0.487 e. The van der Waals surface area contributed by atoms with Crippen molar-refractivity contribution >= 4 is 29.1 Å². The first-order valence-corrected chi connectivity index (χ1v) is 12.8. The smallest absolute Gasteiger partial charge is 0.269 e. The summed E-state index contributed by atoms with van der Waals surface area (Å²) in [5.41, 5.74) is 4.36. The number of aryl methyl sites for hydroxylation is 3. The number of thioether (sulfide) groups is 1. The Balaban J connectivity index is 1.57. The third kappa shape index (κ3) is 6.29. The minimum atomic E-state index is -0.595. The molecule has 10 nitrogen and oxygen atoms in total. The molecule has 0 radical (unpaired) electrons. The standard InChI is InChI=1S/C26H24ClN5O5S/c1-16-7-9-21(11-17(16)2)31-18(3)28-29-26(31)38-25(14-30(33)34)20-8-10-24(23(27)13-20)37-15-19-5-4-6-22(12-19)32(35)36/h4-13,25H,14-15H2,1-3H3/t25-/m1/s1. The molecule has 1 atom stereocenters. The number of hydrogen-bond donors (Lipinski definition) is 0. The average Bonchev–Trinajstić information content (AvgIpc) is 3.24. The van der Waals surface area contributed by atoms with E-state index < -0.39 is 10.2 Å². The van der Waals surface area contributed by atoms with Crippen LogP contribution in [-0.2, 0) is 6.61 Å². The predicted octanol–water partition coefficient (Wildman–Crippen LogP) is 6.44. The monoisotopic (exact) mass is 553 g/mol. The molecule has 38 heavy (non-hydrogen) atoms. The molecule has 0 aliphatic heterocycles. The average molecular weight is 554 g/mol. The van der Waals surface area contributed by atoms with Crippen LogP contribution in [0.3, 0.4) is 0 Å². The van der Waals surface area contributed by atoms with E-state index in [1.807, 2.05) is 43.5 Å². The molecule has 0 saturated heterocycles. The summed E-state index contributed by atoms with van der Waals surface area (Å²) in [6.07, 6.45) is 0. The van der Waals surface area contributed by atoms with E-state index >= 15 is 0 Å². The van der Waals surface area contributed by atoms with Gasteiger partial charge in [0.2, 0.25) is 6.54 Å². The number of rotatable bonds is 10. The van der Waals surface area contributed by atoms with Crippen LogP contribution in [0, 0.1) is 41.0 Å². The predicted molar refractivity (Wildman–Crippen MR) is 145 cm³/mol. The highest BCUT2D eigenvalue weighted by Crippen LogP contribution is 2.39. The molecule has 3 aromatic carbocycles. The number of nitrogens with zero attached hydrogens (tertiary/aromatic N) is 5. The Hall–Kier alpha value is -3.96. The first kappa shape index (κ1) is 27.1. The van der Waals surface area contributed by atoms with Gasteiger partial charge in [-0.05, 0) is 67.3 Å². The Bertz CT molecular complexity index is 1510. The highest BCUT2D eigenvalue weighted by molar-refractivity contribution is 7.99. The van der Waals surface area contributed by atoms with E-state index in [1.165, 1.54) is 23.9 Å². The van der Waals surface area contributed by atoms with Gasteiger partial charge < -0.3 is 4.74 Å². The topological polar surface area (TPSA) is 126 Å². The van der Waals surface area contributed by atoms with Crippen LogP contribution in [0.2, 0.25) is 5.02 Å². The quantitative estimate of drug-likeness (QED) is 0.125. The maximum atomic E-state index is 11.5. The van der Waals surface area contributed by atoms with Crippen molar-refractivity contribution in [2.24, 2.45) is 0 Å². The lowest BCUT2D eigenvalue weighted by molar-refractivity contribution is -0.479. The molecule has 12 heteroatoms. The Labute approximate surface area is 227 Å². The molecule has 0 saturated carbocycles. The van der Waals surface area contributed by atoms with Crippen LogP contribution < -0.4 is 4.74 Å². The molecular formula is C26H24ClN5O5S. The number of halogens is 1. The molecule has 1 aromatic heterocycles. The molecule has 0 unspecified atom stereocenters. The summed E-state index contributed by atoms with van der Waals surface area (Å²) < 4.78 is 7.65. The fraction of sp³-hybridized carbons (Fsp3) is 0.231. The van der Waals surface area contributed by atoms with Gasteiger partial charge in [-0.15, -0.1) is 10.2 Å². The van der Waals surface area contributed by atoms with Crippen LogP contribution >= 0.6 is 23.4 Å². The fourth-order valence-corrected chi connectivity index (χ4v) is 5.22. The van der Waals surface area contributed by atoms with Crippen LogP contribution in [0.15, 0.2) is 65.8 Å². The van der Waals surface area contributed by atoms with E-state index in [4.69, 9.17) is 16.3 Å². The zero-order chi connectivity index (χ0) is 27.4. The van der Waals surface area contributed by atoms with Crippen LogP contribution in [0.25, 0.3) is 5.69 Å². The van der Waals surface area contributed by atoms with E-state index in [0.717, 1.165) is 16.8 Å². The molecule has 0 fully saturated rings. The minimum absolute atomic E-state index is 0.0314. The molecule has 0 amide bonds. The number of nitro groups is 2. The van der Waals surface area contributed by atoms with Crippen LogP contribution in [0.4, 0.5) is 5.69 Å². The summed E-state index contributed by atoms with van der Waals surface area (Å²) in [7, 11) is 0. The molecule has 1 heterocycles. The van der Waals surface area contributed by atoms with Gasteiger partial charge >= 0.3 is 0 Å². The third-order valence-corrected chi connectivity index (χ3v) is 7.43.